The molecule has 0 bridgehead atoms. The van der Waals surface area contributed by atoms with Gasteiger partial charge < -0.3 is 4.90 Å². The fraction of sp³-hybridized carbons (Fsp3) is 0.100. The maximum absolute atomic E-state index is 11.4. The summed E-state index contributed by atoms with van der Waals surface area (Å²) in [4.78, 5) is 1.91. The number of benzene rings is 3. The van der Waals surface area contributed by atoms with Gasteiger partial charge in [0.05, 0.1) is 17.1 Å². The van der Waals surface area contributed by atoms with Gasteiger partial charge in [-0.05, 0) is 48.5 Å². The van der Waals surface area contributed by atoms with E-state index in [9.17, 15) is 8.42 Å². The molecule has 0 fully saturated rings. The number of primary sulfonamides is 1. The summed E-state index contributed by atoms with van der Waals surface area (Å²) in [5, 5.41) is 13.6. The van der Waals surface area contributed by atoms with Gasteiger partial charge in [0.1, 0.15) is 0 Å². The summed E-state index contributed by atoms with van der Waals surface area (Å²) in [5.74, 6) is -0.142. The van der Waals surface area contributed by atoms with E-state index >= 15 is 0 Å². The van der Waals surface area contributed by atoms with Crippen LogP contribution < -0.4 is 10.0 Å². The SMILES string of the molecule is NS(=O)(=O)CCN(c1ccccc1)c1ccc(N=Nc2ccccc2)cc1. The van der Waals surface area contributed by atoms with Gasteiger partial charge in [-0.2, -0.15) is 10.2 Å². The van der Waals surface area contributed by atoms with E-state index in [-0.39, 0.29) is 12.3 Å². The van der Waals surface area contributed by atoms with Gasteiger partial charge in [0.25, 0.3) is 0 Å². The second-order valence-corrected chi connectivity index (χ2v) is 7.64. The number of nitrogens with two attached hydrogens (primary N) is 1. The van der Waals surface area contributed by atoms with E-state index in [1.54, 1.807) is 0 Å². The van der Waals surface area contributed by atoms with Gasteiger partial charge in [-0.25, -0.2) is 13.6 Å². The molecule has 3 rings (SSSR count). The molecule has 0 heterocycles. The average molecular weight is 380 g/mol. The van der Waals surface area contributed by atoms with Crippen LogP contribution in [0.3, 0.4) is 0 Å². The summed E-state index contributed by atoms with van der Waals surface area (Å²) >= 11 is 0. The van der Waals surface area contributed by atoms with Crippen molar-refractivity contribution in [1.29, 1.82) is 0 Å². The average Bonchev–Trinajstić information content (AvgIpc) is 2.68. The lowest BCUT2D eigenvalue weighted by atomic mass is 10.2. The van der Waals surface area contributed by atoms with Gasteiger partial charge in [-0.1, -0.05) is 36.4 Å². The first-order valence-corrected chi connectivity index (χ1v) is 10.1. The highest BCUT2D eigenvalue weighted by molar-refractivity contribution is 7.89. The molecule has 0 saturated carbocycles. The number of hydrogen-bond acceptors (Lipinski definition) is 5. The summed E-state index contributed by atoms with van der Waals surface area (Å²) in [6.07, 6.45) is 0. The monoisotopic (exact) mass is 380 g/mol. The number of para-hydroxylation sites is 1. The third kappa shape index (κ3) is 5.73. The van der Waals surface area contributed by atoms with Crippen LogP contribution in [0.2, 0.25) is 0 Å². The Morgan fingerprint density at radius 1 is 0.704 bits per heavy atom. The Balaban J connectivity index is 1.81. The molecule has 0 amide bonds. The van der Waals surface area contributed by atoms with Crippen LogP contribution in [0.5, 0.6) is 0 Å². The number of nitrogens with zero attached hydrogens (tertiary/aromatic N) is 3. The van der Waals surface area contributed by atoms with E-state index in [1.807, 2.05) is 89.8 Å². The Kier molecular flexibility index (Phi) is 5.95. The fourth-order valence-electron chi connectivity index (χ4n) is 2.54. The first kappa shape index (κ1) is 18.8. The van der Waals surface area contributed by atoms with Crippen LogP contribution in [0.25, 0.3) is 0 Å². The minimum absolute atomic E-state index is 0.142. The quantitative estimate of drug-likeness (QED) is 0.611. The maximum Gasteiger partial charge on any atom is 0.210 e. The maximum atomic E-state index is 11.4. The topological polar surface area (TPSA) is 88.1 Å². The number of sulfonamides is 1. The standard InChI is InChI=1S/C20H20N4O2S/c21-27(25,26)16-15-24(19-9-5-2-6-10-19)20-13-11-18(12-14-20)23-22-17-7-3-1-4-8-17/h1-14H,15-16H2,(H2,21,25,26). The molecule has 0 unspecified atom stereocenters. The van der Waals surface area contributed by atoms with Crippen molar-refractivity contribution in [3.63, 3.8) is 0 Å². The van der Waals surface area contributed by atoms with E-state index in [4.69, 9.17) is 5.14 Å². The summed E-state index contributed by atoms with van der Waals surface area (Å²) in [5.41, 5.74) is 3.23. The summed E-state index contributed by atoms with van der Waals surface area (Å²) in [6, 6.07) is 26.5. The van der Waals surface area contributed by atoms with Crippen molar-refractivity contribution >= 4 is 32.8 Å². The third-order valence-electron chi connectivity index (χ3n) is 3.87. The van der Waals surface area contributed by atoms with Crippen LogP contribution in [-0.4, -0.2) is 20.7 Å². The molecule has 6 nitrogen and oxygen atoms in total. The van der Waals surface area contributed by atoms with Gasteiger partial charge in [-0.15, -0.1) is 0 Å². The number of anilines is 2. The Morgan fingerprint density at radius 3 is 1.74 bits per heavy atom. The number of hydrogen-bond donors (Lipinski definition) is 1. The van der Waals surface area contributed by atoms with Crippen LogP contribution in [0, 0.1) is 0 Å². The number of azo groups is 1. The van der Waals surface area contributed by atoms with Crippen LogP contribution in [-0.2, 0) is 10.0 Å². The predicted molar refractivity (Wildman–Crippen MR) is 108 cm³/mol. The molecule has 0 aliphatic carbocycles. The van der Waals surface area contributed by atoms with Gasteiger partial charge >= 0.3 is 0 Å². The molecule has 2 N–H and O–H groups in total. The van der Waals surface area contributed by atoms with E-state index in [0.29, 0.717) is 5.69 Å². The second kappa shape index (κ2) is 8.57. The van der Waals surface area contributed by atoms with E-state index in [2.05, 4.69) is 10.2 Å². The molecule has 3 aromatic carbocycles. The van der Waals surface area contributed by atoms with Crippen molar-refractivity contribution in [1.82, 2.24) is 0 Å². The number of rotatable bonds is 7. The minimum Gasteiger partial charge on any atom is -0.340 e. The smallest absolute Gasteiger partial charge is 0.210 e. The summed E-state index contributed by atoms with van der Waals surface area (Å²) < 4.78 is 22.8. The van der Waals surface area contributed by atoms with Crippen molar-refractivity contribution in [2.24, 2.45) is 15.4 Å². The molecule has 0 saturated heterocycles. The minimum atomic E-state index is -3.56. The first-order chi connectivity index (χ1) is 13.0. The molecule has 138 valence electrons. The highest BCUT2D eigenvalue weighted by Crippen LogP contribution is 2.27. The molecule has 7 heteroatoms. The zero-order valence-electron chi connectivity index (χ0n) is 14.6. The summed E-state index contributed by atoms with van der Waals surface area (Å²) in [6.45, 7) is 0.258. The van der Waals surface area contributed by atoms with E-state index < -0.39 is 10.0 Å². The van der Waals surface area contributed by atoms with Crippen molar-refractivity contribution in [3.8, 4) is 0 Å². The molecule has 3 aromatic rings. The second-order valence-electron chi connectivity index (χ2n) is 5.91. The molecule has 0 aromatic heterocycles. The summed E-state index contributed by atoms with van der Waals surface area (Å²) in [7, 11) is -3.56. The van der Waals surface area contributed by atoms with Crippen LogP contribution >= 0.6 is 0 Å². The van der Waals surface area contributed by atoms with Crippen LogP contribution in [0.15, 0.2) is 95.2 Å². The molecule has 0 radical (unpaired) electrons. The van der Waals surface area contributed by atoms with Gasteiger partial charge in [-0.3, -0.25) is 0 Å². The van der Waals surface area contributed by atoms with Crippen molar-refractivity contribution < 1.29 is 8.42 Å². The molecule has 0 spiro atoms. The molecule has 0 aliphatic heterocycles. The van der Waals surface area contributed by atoms with E-state index in [0.717, 1.165) is 17.1 Å². The largest absolute Gasteiger partial charge is 0.340 e. The fourth-order valence-corrected chi connectivity index (χ4v) is 2.98. The van der Waals surface area contributed by atoms with Crippen molar-refractivity contribution in [2.75, 3.05) is 17.2 Å². The first-order valence-electron chi connectivity index (χ1n) is 8.41. The van der Waals surface area contributed by atoms with Crippen LogP contribution in [0.4, 0.5) is 22.7 Å². The Bertz CT molecular complexity index is 989. The van der Waals surface area contributed by atoms with Crippen molar-refractivity contribution in [3.05, 3.63) is 84.9 Å². The Hall–Kier alpha value is -3.03. The zero-order valence-corrected chi connectivity index (χ0v) is 15.5. The molecule has 0 aliphatic rings. The van der Waals surface area contributed by atoms with Gasteiger partial charge in [0.2, 0.25) is 10.0 Å². The lowest BCUT2D eigenvalue weighted by Crippen LogP contribution is -2.28. The van der Waals surface area contributed by atoms with E-state index in [1.165, 1.54) is 0 Å². The normalized spacial score (nSPS) is 11.6. The zero-order chi connectivity index (χ0) is 19.1. The molecular weight excluding hydrogens is 360 g/mol. The van der Waals surface area contributed by atoms with Gasteiger partial charge in [0.15, 0.2) is 0 Å². The lowest BCUT2D eigenvalue weighted by molar-refractivity contribution is 0.597. The highest BCUT2D eigenvalue weighted by Gasteiger charge is 2.12. The molecule has 0 atom stereocenters. The molecular formula is C20H20N4O2S. The lowest BCUT2D eigenvalue weighted by Gasteiger charge is -2.24. The Morgan fingerprint density at radius 2 is 1.19 bits per heavy atom. The Labute approximate surface area is 159 Å². The molecule has 27 heavy (non-hydrogen) atoms. The van der Waals surface area contributed by atoms with Gasteiger partial charge in [0, 0.05) is 17.9 Å². The third-order valence-corrected chi connectivity index (χ3v) is 4.62. The predicted octanol–water partition coefficient (Wildman–Crippen LogP) is 4.53. The van der Waals surface area contributed by atoms with Crippen LogP contribution in [0.1, 0.15) is 0 Å². The van der Waals surface area contributed by atoms with Crippen molar-refractivity contribution in [2.45, 2.75) is 0 Å². The highest BCUT2D eigenvalue weighted by atomic mass is 32.2.